The lowest BCUT2D eigenvalue weighted by Gasteiger charge is -2.22. The van der Waals surface area contributed by atoms with Gasteiger partial charge in [0.15, 0.2) is 6.10 Å². The minimum absolute atomic E-state index is 0.267. The van der Waals surface area contributed by atoms with Gasteiger partial charge in [0.1, 0.15) is 0 Å². The van der Waals surface area contributed by atoms with Crippen LogP contribution in [0, 0.1) is 0 Å². The minimum atomic E-state index is -1.16. The molecule has 0 saturated heterocycles. The summed E-state index contributed by atoms with van der Waals surface area (Å²) in [5.74, 6) is -0.880. The number of aliphatic hydroxyl groups excluding tert-OH is 1. The average molecular weight is 284 g/mol. The third kappa shape index (κ3) is 4.17. The predicted molar refractivity (Wildman–Crippen MR) is 82.0 cm³/mol. The maximum atomic E-state index is 11.9. The zero-order valence-corrected chi connectivity index (χ0v) is 12.1. The molecular formula is C18H20O3. The van der Waals surface area contributed by atoms with Crippen molar-refractivity contribution < 1.29 is 14.6 Å². The van der Waals surface area contributed by atoms with Crippen LogP contribution in [0.1, 0.15) is 24.0 Å². The zero-order valence-electron chi connectivity index (χ0n) is 12.1. The van der Waals surface area contributed by atoms with Gasteiger partial charge in [0.2, 0.25) is 0 Å². The number of hydrogen-bond donors (Lipinski definition) is 1. The molecule has 3 nitrogen and oxygen atoms in total. The highest BCUT2D eigenvalue weighted by molar-refractivity contribution is 5.75. The second-order valence-electron chi connectivity index (χ2n) is 4.90. The molecule has 3 heteroatoms. The summed E-state index contributed by atoms with van der Waals surface area (Å²) in [6.45, 7) is 2.00. The standard InChI is InChI=1S/C18H20O3/c1-2-21-18(20)17(19)16(15-11-7-4-8-12-15)13-14-9-5-3-6-10-14/h3-12,16-17,19H,2,13H2,1H3. The number of rotatable bonds is 6. The normalized spacial score (nSPS) is 13.4. The highest BCUT2D eigenvalue weighted by atomic mass is 16.5. The van der Waals surface area contributed by atoms with Gasteiger partial charge in [0, 0.05) is 5.92 Å². The Labute approximate surface area is 125 Å². The van der Waals surface area contributed by atoms with E-state index in [9.17, 15) is 9.90 Å². The Morgan fingerprint density at radius 1 is 1.05 bits per heavy atom. The van der Waals surface area contributed by atoms with E-state index in [0.29, 0.717) is 6.42 Å². The van der Waals surface area contributed by atoms with Crippen molar-refractivity contribution in [3.8, 4) is 0 Å². The van der Waals surface area contributed by atoms with Crippen LogP contribution in [0.25, 0.3) is 0 Å². The highest BCUT2D eigenvalue weighted by Gasteiger charge is 2.28. The van der Waals surface area contributed by atoms with E-state index in [2.05, 4.69) is 0 Å². The SMILES string of the molecule is CCOC(=O)C(O)C(Cc1ccccc1)c1ccccc1. The van der Waals surface area contributed by atoms with Crippen LogP contribution in [0.5, 0.6) is 0 Å². The number of carbonyl (C=O) groups is 1. The van der Waals surface area contributed by atoms with Gasteiger partial charge in [0.05, 0.1) is 6.61 Å². The first-order chi connectivity index (χ1) is 10.2. The molecule has 0 heterocycles. The molecule has 0 aliphatic heterocycles. The van der Waals surface area contributed by atoms with E-state index >= 15 is 0 Å². The second kappa shape index (κ2) is 7.60. The lowest BCUT2D eigenvalue weighted by atomic mass is 9.87. The number of benzene rings is 2. The summed E-state index contributed by atoms with van der Waals surface area (Å²) in [5.41, 5.74) is 2.01. The molecule has 0 saturated carbocycles. The summed E-state index contributed by atoms with van der Waals surface area (Å²) in [6, 6.07) is 19.4. The molecule has 2 aromatic rings. The number of ether oxygens (including phenoxy) is 1. The largest absolute Gasteiger partial charge is 0.464 e. The Morgan fingerprint density at radius 2 is 1.62 bits per heavy atom. The van der Waals surface area contributed by atoms with Gasteiger partial charge in [-0.15, -0.1) is 0 Å². The van der Waals surface area contributed by atoms with E-state index in [4.69, 9.17) is 4.74 Å². The predicted octanol–water partition coefficient (Wildman–Crippen LogP) is 2.94. The van der Waals surface area contributed by atoms with Crippen molar-refractivity contribution in [2.24, 2.45) is 0 Å². The molecule has 2 aromatic carbocycles. The van der Waals surface area contributed by atoms with Crippen LogP contribution >= 0.6 is 0 Å². The smallest absolute Gasteiger partial charge is 0.335 e. The number of aliphatic hydroxyl groups is 1. The topological polar surface area (TPSA) is 46.5 Å². The lowest BCUT2D eigenvalue weighted by Crippen LogP contribution is -2.31. The lowest BCUT2D eigenvalue weighted by molar-refractivity contribution is -0.154. The first-order valence-electron chi connectivity index (χ1n) is 7.16. The fourth-order valence-corrected chi connectivity index (χ4v) is 2.37. The van der Waals surface area contributed by atoms with Gasteiger partial charge in [0.25, 0.3) is 0 Å². The van der Waals surface area contributed by atoms with Gasteiger partial charge in [-0.1, -0.05) is 60.7 Å². The van der Waals surface area contributed by atoms with Crippen LogP contribution < -0.4 is 0 Å². The molecule has 21 heavy (non-hydrogen) atoms. The van der Waals surface area contributed by atoms with E-state index in [-0.39, 0.29) is 12.5 Å². The Hall–Kier alpha value is -2.13. The third-order valence-electron chi connectivity index (χ3n) is 3.44. The van der Waals surface area contributed by atoms with Crippen molar-refractivity contribution in [3.05, 3.63) is 71.8 Å². The summed E-state index contributed by atoms with van der Waals surface area (Å²) < 4.78 is 4.95. The Kier molecular flexibility index (Phi) is 5.52. The van der Waals surface area contributed by atoms with Crippen molar-refractivity contribution in [3.63, 3.8) is 0 Å². The monoisotopic (exact) mass is 284 g/mol. The van der Waals surface area contributed by atoms with Crippen molar-refractivity contribution >= 4 is 5.97 Å². The minimum Gasteiger partial charge on any atom is -0.464 e. The molecule has 1 N–H and O–H groups in total. The molecule has 0 bridgehead atoms. The van der Waals surface area contributed by atoms with Gasteiger partial charge in [-0.25, -0.2) is 4.79 Å². The molecule has 0 fully saturated rings. The van der Waals surface area contributed by atoms with Crippen LogP contribution in [-0.2, 0) is 16.0 Å². The van der Waals surface area contributed by atoms with Crippen LogP contribution in [0.15, 0.2) is 60.7 Å². The van der Waals surface area contributed by atoms with E-state index in [1.165, 1.54) is 0 Å². The van der Waals surface area contributed by atoms with Gasteiger partial charge in [-0.05, 0) is 24.5 Å². The van der Waals surface area contributed by atoms with Crippen molar-refractivity contribution in [2.45, 2.75) is 25.4 Å². The average Bonchev–Trinajstić information content (AvgIpc) is 2.54. The first kappa shape index (κ1) is 15.3. The van der Waals surface area contributed by atoms with E-state index in [0.717, 1.165) is 11.1 Å². The second-order valence-corrected chi connectivity index (χ2v) is 4.90. The molecular weight excluding hydrogens is 264 g/mol. The molecule has 2 rings (SSSR count). The first-order valence-corrected chi connectivity index (χ1v) is 7.16. The summed E-state index contributed by atoms with van der Waals surface area (Å²) in [4.78, 5) is 11.9. The summed E-state index contributed by atoms with van der Waals surface area (Å²) in [7, 11) is 0. The van der Waals surface area contributed by atoms with Gasteiger partial charge in [-0.2, -0.15) is 0 Å². The van der Waals surface area contributed by atoms with E-state index in [1.807, 2.05) is 60.7 Å². The summed E-state index contributed by atoms with van der Waals surface area (Å²) in [5, 5.41) is 10.3. The quantitative estimate of drug-likeness (QED) is 0.830. The molecule has 0 radical (unpaired) electrons. The molecule has 0 aliphatic carbocycles. The third-order valence-corrected chi connectivity index (χ3v) is 3.44. The molecule has 0 amide bonds. The molecule has 0 aliphatic rings. The van der Waals surface area contributed by atoms with Gasteiger partial charge < -0.3 is 9.84 Å². The maximum Gasteiger partial charge on any atom is 0.335 e. The zero-order chi connectivity index (χ0) is 15.1. The van der Waals surface area contributed by atoms with Crippen LogP contribution in [0.3, 0.4) is 0 Å². The molecule has 110 valence electrons. The number of hydrogen-bond acceptors (Lipinski definition) is 3. The fourth-order valence-electron chi connectivity index (χ4n) is 2.37. The maximum absolute atomic E-state index is 11.9. The van der Waals surface area contributed by atoms with Crippen LogP contribution in [0.2, 0.25) is 0 Å². The summed E-state index contributed by atoms with van der Waals surface area (Å²) >= 11 is 0. The van der Waals surface area contributed by atoms with Crippen molar-refractivity contribution in [1.82, 2.24) is 0 Å². The van der Waals surface area contributed by atoms with Gasteiger partial charge in [-0.3, -0.25) is 0 Å². The van der Waals surface area contributed by atoms with E-state index < -0.39 is 12.1 Å². The fraction of sp³-hybridized carbons (Fsp3) is 0.278. The Morgan fingerprint density at radius 3 is 2.19 bits per heavy atom. The number of esters is 1. The van der Waals surface area contributed by atoms with Crippen molar-refractivity contribution in [1.29, 1.82) is 0 Å². The van der Waals surface area contributed by atoms with Gasteiger partial charge >= 0.3 is 5.97 Å². The highest BCUT2D eigenvalue weighted by Crippen LogP contribution is 2.25. The van der Waals surface area contributed by atoms with E-state index in [1.54, 1.807) is 6.92 Å². The molecule has 0 aromatic heterocycles. The molecule has 2 unspecified atom stereocenters. The van der Waals surface area contributed by atoms with Crippen molar-refractivity contribution in [2.75, 3.05) is 6.61 Å². The Bertz CT molecular complexity index is 551. The Balaban J connectivity index is 2.24. The summed E-state index contributed by atoms with van der Waals surface area (Å²) in [6.07, 6.45) is -0.572. The molecule has 2 atom stereocenters. The van der Waals surface area contributed by atoms with Crippen LogP contribution in [-0.4, -0.2) is 23.8 Å². The molecule has 0 spiro atoms. The number of carbonyl (C=O) groups excluding carboxylic acids is 1. The van der Waals surface area contributed by atoms with Crippen LogP contribution in [0.4, 0.5) is 0 Å².